The van der Waals surface area contributed by atoms with E-state index in [0.29, 0.717) is 5.56 Å². The molecule has 0 aliphatic carbocycles. The molecule has 0 aliphatic heterocycles. The van der Waals surface area contributed by atoms with Gasteiger partial charge >= 0.3 is 0 Å². The van der Waals surface area contributed by atoms with Gasteiger partial charge < -0.3 is 4.11 Å². The summed E-state index contributed by atoms with van der Waals surface area (Å²) in [5, 5.41) is -0.0281. The van der Waals surface area contributed by atoms with Crippen molar-refractivity contribution in [2.24, 2.45) is 5.41 Å². The molecule has 0 fully saturated rings. The fourth-order valence-corrected chi connectivity index (χ4v) is 7.88. The molecule has 0 aliphatic rings. The van der Waals surface area contributed by atoms with Gasteiger partial charge in [0.15, 0.2) is 5.78 Å². The molecule has 1 aromatic rings. The smallest absolute Gasteiger partial charge is 0.288 e. The third-order valence-corrected chi connectivity index (χ3v) is 9.56. The maximum Gasteiger partial charge on any atom is 0.288 e. The number of ketones is 1. The Labute approximate surface area is 136 Å². The highest BCUT2D eigenvalue weighted by molar-refractivity contribution is 6.90. The lowest BCUT2D eigenvalue weighted by Gasteiger charge is -2.45. The van der Waals surface area contributed by atoms with Crippen molar-refractivity contribution in [2.45, 2.75) is 72.4 Å². The third kappa shape index (κ3) is 3.34. The van der Waals surface area contributed by atoms with Crippen LogP contribution in [-0.4, -0.2) is 14.2 Å². The maximum atomic E-state index is 16.2. The monoisotopic (exact) mass is 322 g/mol. The zero-order chi connectivity index (χ0) is 17.6. The van der Waals surface area contributed by atoms with Crippen LogP contribution in [0.5, 0.6) is 0 Å². The van der Waals surface area contributed by atoms with Gasteiger partial charge in [0.25, 0.3) is 8.41 Å². The zero-order valence-electron chi connectivity index (χ0n) is 15.6. The van der Waals surface area contributed by atoms with Crippen molar-refractivity contribution >= 4 is 19.4 Å². The number of Topliss-reactive ketones (excluding diaryl/α,β-unsaturated/α-hetero) is 1. The molecule has 1 nitrogen and oxygen atoms in total. The summed E-state index contributed by atoms with van der Waals surface area (Å²) in [4.78, 5) is 12.3. The van der Waals surface area contributed by atoms with Crippen LogP contribution in [0, 0.1) is 5.41 Å². The fourth-order valence-electron chi connectivity index (χ4n) is 3.28. The van der Waals surface area contributed by atoms with E-state index in [4.69, 9.17) is 0 Å². The van der Waals surface area contributed by atoms with E-state index in [-0.39, 0.29) is 5.78 Å². The van der Waals surface area contributed by atoms with Crippen molar-refractivity contribution < 1.29 is 8.90 Å². The first-order valence-corrected chi connectivity index (χ1v) is 9.84. The molecule has 0 unspecified atom stereocenters. The van der Waals surface area contributed by atoms with Gasteiger partial charge in [-0.1, -0.05) is 86.6 Å². The van der Waals surface area contributed by atoms with Gasteiger partial charge in [-0.15, -0.1) is 0 Å². The van der Waals surface area contributed by atoms with Gasteiger partial charge in [-0.2, -0.15) is 0 Å². The van der Waals surface area contributed by atoms with Gasteiger partial charge in [-0.3, -0.25) is 4.79 Å². The largest absolute Gasteiger partial charge is 0.307 e. The van der Waals surface area contributed by atoms with Crippen LogP contribution in [0.4, 0.5) is 4.11 Å². The van der Waals surface area contributed by atoms with Crippen LogP contribution in [-0.2, 0) is 0 Å². The van der Waals surface area contributed by atoms with Crippen LogP contribution in [0.25, 0.3) is 0 Å². The summed E-state index contributed by atoms with van der Waals surface area (Å²) in [6.45, 7) is 17.6. The standard InChI is InChI=1S/C19H31FOSi/c1-17(2,3)16(21)14-10-12-15(13-11-14)22(20,18(4,5)6)19(7,8)9/h10-13H,1-9H3. The minimum atomic E-state index is -3.24. The van der Waals surface area contributed by atoms with E-state index in [1.54, 1.807) is 12.1 Å². The summed E-state index contributed by atoms with van der Waals surface area (Å²) in [5.74, 6) is 0.0942. The summed E-state index contributed by atoms with van der Waals surface area (Å²) in [5.41, 5.74) is 0.246. The molecule has 0 heterocycles. The van der Waals surface area contributed by atoms with Crippen molar-refractivity contribution in [1.29, 1.82) is 0 Å². The first-order valence-electron chi connectivity index (χ1n) is 7.96. The highest BCUT2D eigenvalue weighted by Gasteiger charge is 2.56. The van der Waals surface area contributed by atoms with Crippen LogP contribution in [0.3, 0.4) is 0 Å². The average Bonchev–Trinajstić information content (AvgIpc) is 2.33. The minimum Gasteiger partial charge on any atom is -0.307 e. The molecule has 124 valence electrons. The number of halogens is 1. The Kier molecular flexibility index (Phi) is 4.85. The van der Waals surface area contributed by atoms with E-state index in [1.165, 1.54) is 0 Å². The predicted molar refractivity (Wildman–Crippen MR) is 96.2 cm³/mol. The second kappa shape index (κ2) is 5.59. The number of benzene rings is 1. The van der Waals surface area contributed by atoms with Crippen molar-refractivity contribution in [3.63, 3.8) is 0 Å². The molecule has 0 N–H and O–H groups in total. The lowest BCUT2D eigenvalue weighted by atomic mass is 9.87. The van der Waals surface area contributed by atoms with Gasteiger partial charge in [0, 0.05) is 11.0 Å². The Hall–Kier alpha value is -0.963. The van der Waals surface area contributed by atoms with E-state index in [0.717, 1.165) is 5.19 Å². The van der Waals surface area contributed by atoms with Gasteiger partial charge in [-0.05, 0) is 15.3 Å². The van der Waals surface area contributed by atoms with Crippen molar-refractivity contribution in [2.75, 3.05) is 0 Å². The summed E-state index contributed by atoms with van der Waals surface area (Å²) >= 11 is 0. The van der Waals surface area contributed by atoms with Gasteiger partial charge in [0.05, 0.1) is 0 Å². The molecule has 22 heavy (non-hydrogen) atoms. The Bertz CT molecular complexity index is 525. The molecular formula is C19H31FOSi. The zero-order valence-corrected chi connectivity index (χ0v) is 16.6. The molecule has 3 heteroatoms. The Balaban J connectivity index is 3.36. The third-order valence-electron chi connectivity index (χ3n) is 4.29. The molecule has 0 bridgehead atoms. The predicted octanol–water partition coefficient (Wildman–Crippen LogP) is 5.64. The minimum absolute atomic E-state index is 0.0942. The average molecular weight is 323 g/mol. The fraction of sp³-hybridized carbons (Fsp3) is 0.632. The molecule has 0 radical (unpaired) electrons. The van der Waals surface area contributed by atoms with Crippen LogP contribution in [0.2, 0.25) is 10.1 Å². The van der Waals surface area contributed by atoms with Crippen LogP contribution in [0.1, 0.15) is 72.7 Å². The summed E-state index contributed by atoms with van der Waals surface area (Å²) < 4.78 is 16.2. The number of carbonyl (C=O) groups is 1. The van der Waals surface area contributed by atoms with Gasteiger partial charge in [0.1, 0.15) is 0 Å². The Morgan fingerprint density at radius 2 is 1.18 bits per heavy atom. The van der Waals surface area contributed by atoms with Crippen LogP contribution >= 0.6 is 0 Å². The highest BCUT2D eigenvalue weighted by Crippen LogP contribution is 2.51. The highest BCUT2D eigenvalue weighted by atomic mass is 28.4. The van der Waals surface area contributed by atoms with Crippen molar-refractivity contribution in [1.82, 2.24) is 0 Å². The molecule has 0 saturated heterocycles. The summed E-state index contributed by atoms with van der Waals surface area (Å²) in [6, 6.07) is 7.26. The quantitative estimate of drug-likeness (QED) is 0.391. The Morgan fingerprint density at radius 3 is 1.45 bits per heavy atom. The molecule has 0 atom stereocenters. The van der Waals surface area contributed by atoms with Gasteiger partial charge in [0.2, 0.25) is 0 Å². The van der Waals surface area contributed by atoms with Crippen LogP contribution in [0.15, 0.2) is 24.3 Å². The maximum absolute atomic E-state index is 16.2. The normalized spacial score (nSPS) is 14.1. The summed E-state index contributed by atoms with van der Waals surface area (Å²) in [6.07, 6.45) is 0. The first-order chi connectivity index (χ1) is 9.62. The number of hydrogen-bond acceptors (Lipinski definition) is 1. The molecular weight excluding hydrogens is 291 g/mol. The van der Waals surface area contributed by atoms with E-state index < -0.39 is 23.9 Å². The number of rotatable bonds is 2. The van der Waals surface area contributed by atoms with E-state index in [9.17, 15) is 4.79 Å². The van der Waals surface area contributed by atoms with Crippen molar-refractivity contribution in [3.05, 3.63) is 29.8 Å². The topological polar surface area (TPSA) is 17.1 Å². The van der Waals surface area contributed by atoms with Crippen LogP contribution < -0.4 is 5.19 Å². The lowest BCUT2D eigenvalue weighted by Crippen LogP contribution is -2.57. The molecule has 1 rings (SSSR count). The van der Waals surface area contributed by atoms with Crippen molar-refractivity contribution in [3.8, 4) is 0 Å². The Morgan fingerprint density at radius 1 is 0.818 bits per heavy atom. The number of hydrogen-bond donors (Lipinski definition) is 0. The van der Waals surface area contributed by atoms with E-state index in [2.05, 4.69) is 0 Å². The second-order valence-electron chi connectivity index (χ2n) is 9.31. The SMILES string of the molecule is CC(C)(C)C(=O)c1ccc([Si](F)(C(C)(C)C)C(C)(C)C)cc1. The number of carbonyl (C=O) groups excluding carboxylic acids is 1. The molecule has 0 saturated carbocycles. The van der Waals surface area contributed by atoms with Gasteiger partial charge in [-0.25, -0.2) is 0 Å². The lowest BCUT2D eigenvalue weighted by molar-refractivity contribution is 0.0858. The summed E-state index contributed by atoms with van der Waals surface area (Å²) in [7, 11) is -3.24. The first kappa shape index (κ1) is 19.1. The molecule has 0 spiro atoms. The molecule has 0 amide bonds. The second-order valence-corrected chi connectivity index (χ2v) is 14.2. The molecule has 0 aromatic heterocycles. The molecule has 1 aromatic carbocycles. The van der Waals surface area contributed by atoms with E-state index in [1.807, 2.05) is 74.4 Å². The van der Waals surface area contributed by atoms with E-state index >= 15 is 4.11 Å².